The van der Waals surface area contributed by atoms with Crippen molar-refractivity contribution in [1.29, 1.82) is 0 Å². The SMILES string of the molecule is CC(N)Cc1cc(F)cc(OCC(=O)NC(C)C(C)C)c1. The Labute approximate surface area is 125 Å². The lowest BCUT2D eigenvalue weighted by Crippen LogP contribution is -2.38. The van der Waals surface area contributed by atoms with E-state index < -0.39 is 0 Å². The van der Waals surface area contributed by atoms with E-state index in [9.17, 15) is 9.18 Å². The molecule has 4 nitrogen and oxygen atoms in total. The maximum atomic E-state index is 13.5. The van der Waals surface area contributed by atoms with Crippen LogP contribution in [0.1, 0.15) is 33.3 Å². The number of rotatable bonds is 7. The molecule has 0 aliphatic rings. The summed E-state index contributed by atoms with van der Waals surface area (Å²) in [4.78, 5) is 11.7. The van der Waals surface area contributed by atoms with Crippen molar-refractivity contribution in [1.82, 2.24) is 5.32 Å². The van der Waals surface area contributed by atoms with Gasteiger partial charge in [0, 0.05) is 18.2 Å². The third-order valence-electron chi connectivity index (χ3n) is 3.25. The number of carbonyl (C=O) groups is 1. The first-order chi connectivity index (χ1) is 9.77. The molecule has 3 N–H and O–H groups in total. The molecule has 2 atom stereocenters. The third-order valence-corrected chi connectivity index (χ3v) is 3.25. The monoisotopic (exact) mass is 296 g/mol. The normalized spacial score (nSPS) is 13.9. The van der Waals surface area contributed by atoms with Crippen molar-refractivity contribution < 1.29 is 13.9 Å². The Hall–Kier alpha value is -1.62. The van der Waals surface area contributed by atoms with E-state index in [4.69, 9.17) is 10.5 Å². The number of halogens is 1. The van der Waals surface area contributed by atoms with E-state index in [0.717, 1.165) is 5.56 Å². The lowest BCUT2D eigenvalue weighted by Gasteiger charge is -2.17. The molecule has 5 heteroatoms. The molecule has 1 aromatic rings. The fraction of sp³-hybridized carbons (Fsp3) is 0.562. The van der Waals surface area contributed by atoms with Gasteiger partial charge in [0.15, 0.2) is 6.61 Å². The van der Waals surface area contributed by atoms with Crippen molar-refractivity contribution >= 4 is 5.91 Å². The van der Waals surface area contributed by atoms with Gasteiger partial charge in [-0.05, 0) is 43.9 Å². The molecule has 0 bridgehead atoms. The van der Waals surface area contributed by atoms with Gasteiger partial charge in [0.25, 0.3) is 5.91 Å². The molecular weight excluding hydrogens is 271 g/mol. The zero-order valence-corrected chi connectivity index (χ0v) is 13.2. The number of hydrogen-bond donors (Lipinski definition) is 2. The number of benzene rings is 1. The number of hydrogen-bond acceptors (Lipinski definition) is 3. The van der Waals surface area contributed by atoms with E-state index >= 15 is 0 Å². The first kappa shape index (κ1) is 17.4. The highest BCUT2D eigenvalue weighted by molar-refractivity contribution is 5.77. The summed E-state index contributed by atoms with van der Waals surface area (Å²) in [5.41, 5.74) is 6.46. The molecule has 0 saturated carbocycles. The second-order valence-electron chi connectivity index (χ2n) is 5.87. The average molecular weight is 296 g/mol. The van der Waals surface area contributed by atoms with Gasteiger partial charge in [0.2, 0.25) is 0 Å². The zero-order valence-electron chi connectivity index (χ0n) is 13.2. The van der Waals surface area contributed by atoms with Gasteiger partial charge in [-0.25, -0.2) is 4.39 Å². The van der Waals surface area contributed by atoms with E-state index in [-0.39, 0.29) is 30.4 Å². The number of amides is 1. The molecule has 1 amide bonds. The minimum absolute atomic E-state index is 0.0603. The van der Waals surface area contributed by atoms with Crippen LogP contribution in [0.3, 0.4) is 0 Å². The van der Waals surface area contributed by atoms with E-state index in [1.807, 2.05) is 27.7 Å². The van der Waals surface area contributed by atoms with E-state index in [0.29, 0.717) is 18.1 Å². The predicted molar refractivity (Wildman–Crippen MR) is 81.7 cm³/mol. The van der Waals surface area contributed by atoms with Gasteiger partial charge < -0.3 is 15.8 Å². The second kappa shape index (κ2) is 7.98. The zero-order chi connectivity index (χ0) is 16.0. The molecule has 0 aliphatic carbocycles. The van der Waals surface area contributed by atoms with Gasteiger partial charge >= 0.3 is 0 Å². The van der Waals surface area contributed by atoms with Crippen LogP contribution in [0.15, 0.2) is 18.2 Å². The van der Waals surface area contributed by atoms with Crippen LogP contribution >= 0.6 is 0 Å². The van der Waals surface area contributed by atoms with Gasteiger partial charge in [-0.2, -0.15) is 0 Å². The Morgan fingerprint density at radius 1 is 1.29 bits per heavy atom. The van der Waals surface area contributed by atoms with Crippen molar-refractivity contribution in [3.05, 3.63) is 29.6 Å². The highest BCUT2D eigenvalue weighted by atomic mass is 19.1. The summed E-state index contributed by atoms with van der Waals surface area (Å²) in [7, 11) is 0. The Balaban J connectivity index is 2.58. The lowest BCUT2D eigenvalue weighted by atomic mass is 10.1. The fourth-order valence-corrected chi connectivity index (χ4v) is 1.80. The molecule has 0 radical (unpaired) electrons. The number of carbonyl (C=O) groups excluding carboxylic acids is 1. The molecule has 0 spiro atoms. The Morgan fingerprint density at radius 2 is 1.95 bits per heavy atom. The number of nitrogens with two attached hydrogens (primary N) is 1. The standard InChI is InChI=1S/C16H25FN2O2/c1-10(2)12(4)19-16(20)9-21-15-7-13(5-11(3)18)6-14(17)8-15/h6-8,10-12H,5,9,18H2,1-4H3,(H,19,20). The Bertz CT molecular complexity index is 475. The summed E-state index contributed by atoms with van der Waals surface area (Å²) in [6, 6.07) is 4.42. The van der Waals surface area contributed by atoms with Crippen LogP contribution < -0.4 is 15.8 Å². The van der Waals surface area contributed by atoms with E-state index in [1.165, 1.54) is 12.1 Å². The molecule has 21 heavy (non-hydrogen) atoms. The summed E-state index contributed by atoms with van der Waals surface area (Å²) in [5.74, 6) is 0.0899. The highest BCUT2D eigenvalue weighted by Crippen LogP contribution is 2.17. The van der Waals surface area contributed by atoms with Gasteiger partial charge in [0.1, 0.15) is 11.6 Å². The topological polar surface area (TPSA) is 64.3 Å². The fourth-order valence-electron chi connectivity index (χ4n) is 1.80. The quantitative estimate of drug-likeness (QED) is 0.811. The van der Waals surface area contributed by atoms with Crippen LogP contribution in [0, 0.1) is 11.7 Å². The van der Waals surface area contributed by atoms with E-state index in [2.05, 4.69) is 5.32 Å². The van der Waals surface area contributed by atoms with Crippen molar-refractivity contribution in [3.8, 4) is 5.75 Å². The minimum atomic E-state index is -0.390. The second-order valence-corrected chi connectivity index (χ2v) is 5.87. The summed E-state index contributed by atoms with van der Waals surface area (Å²) < 4.78 is 18.9. The molecule has 2 unspecified atom stereocenters. The first-order valence-corrected chi connectivity index (χ1v) is 7.25. The van der Waals surface area contributed by atoms with Crippen molar-refractivity contribution in [3.63, 3.8) is 0 Å². The van der Waals surface area contributed by atoms with Gasteiger partial charge in [0.05, 0.1) is 0 Å². The van der Waals surface area contributed by atoms with Crippen LogP contribution in [0.4, 0.5) is 4.39 Å². The molecule has 118 valence electrons. The Kier molecular flexibility index (Phi) is 6.62. The molecule has 1 aromatic carbocycles. The molecular formula is C16H25FN2O2. The van der Waals surface area contributed by atoms with Crippen LogP contribution in [0.25, 0.3) is 0 Å². The summed E-state index contributed by atoms with van der Waals surface area (Å²) in [6.07, 6.45) is 0.560. The molecule has 0 heterocycles. The summed E-state index contributed by atoms with van der Waals surface area (Å²) in [6.45, 7) is 7.72. The highest BCUT2D eigenvalue weighted by Gasteiger charge is 2.12. The number of ether oxygens (including phenoxy) is 1. The van der Waals surface area contributed by atoms with Crippen molar-refractivity contribution in [2.24, 2.45) is 11.7 Å². The van der Waals surface area contributed by atoms with Gasteiger partial charge in [-0.3, -0.25) is 4.79 Å². The van der Waals surface area contributed by atoms with Gasteiger partial charge in [-0.1, -0.05) is 13.8 Å². The average Bonchev–Trinajstić information content (AvgIpc) is 2.34. The van der Waals surface area contributed by atoms with Crippen LogP contribution in [0.2, 0.25) is 0 Å². The third kappa shape index (κ3) is 6.58. The maximum Gasteiger partial charge on any atom is 0.258 e. The summed E-state index contributed by atoms with van der Waals surface area (Å²) >= 11 is 0. The largest absolute Gasteiger partial charge is 0.484 e. The molecule has 1 rings (SSSR count). The first-order valence-electron chi connectivity index (χ1n) is 7.25. The number of nitrogens with one attached hydrogen (secondary N) is 1. The Morgan fingerprint density at radius 3 is 2.52 bits per heavy atom. The smallest absolute Gasteiger partial charge is 0.258 e. The van der Waals surface area contributed by atoms with Crippen LogP contribution in [0.5, 0.6) is 5.75 Å². The summed E-state index contributed by atoms with van der Waals surface area (Å²) in [5, 5.41) is 2.83. The van der Waals surface area contributed by atoms with Crippen LogP contribution in [-0.2, 0) is 11.2 Å². The lowest BCUT2D eigenvalue weighted by molar-refractivity contribution is -0.124. The van der Waals surface area contributed by atoms with Crippen molar-refractivity contribution in [2.75, 3.05) is 6.61 Å². The maximum absolute atomic E-state index is 13.5. The molecule has 0 aliphatic heterocycles. The van der Waals surface area contributed by atoms with E-state index in [1.54, 1.807) is 6.07 Å². The molecule has 0 saturated heterocycles. The predicted octanol–water partition coefficient (Wildman–Crippen LogP) is 2.25. The van der Waals surface area contributed by atoms with Crippen LogP contribution in [-0.4, -0.2) is 24.6 Å². The molecule has 0 fully saturated rings. The van der Waals surface area contributed by atoms with Crippen molar-refractivity contribution in [2.45, 2.75) is 46.2 Å². The molecule has 0 aromatic heterocycles. The minimum Gasteiger partial charge on any atom is -0.484 e. The van der Waals surface area contributed by atoms with Gasteiger partial charge in [-0.15, -0.1) is 0 Å².